The molecule has 0 aromatic carbocycles. The Balaban J connectivity index is 0. The van der Waals surface area contributed by atoms with Crippen molar-refractivity contribution in [1.82, 2.24) is 0 Å². The SMILES string of the molecule is [O]=[Cu].[O]=[Zn]. The topological polar surface area (TPSA) is 34.1 Å². The molecule has 25 valence electrons. The third-order valence-corrected chi connectivity index (χ3v) is 0. The van der Waals surface area contributed by atoms with Crippen molar-refractivity contribution in [2.75, 3.05) is 0 Å². The third-order valence-electron chi connectivity index (χ3n) is 0. The van der Waals surface area contributed by atoms with Gasteiger partial charge < -0.3 is 0 Å². The molecule has 0 spiro atoms. The molecule has 0 fully saturated rings. The van der Waals surface area contributed by atoms with Gasteiger partial charge in [0.05, 0.1) is 0 Å². The number of rotatable bonds is 0. The van der Waals surface area contributed by atoms with Crippen molar-refractivity contribution in [3.05, 3.63) is 0 Å². The average Bonchev–Trinajstić information content (AvgIpc) is 1.50. The molecule has 0 aromatic heterocycles. The first kappa shape index (κ1) is 8.83. The van der Waals surface area contributed by atoms with Crippen LogP contribution in [0.4, 0.5) is 0 Å². The molecule has 0 saturated heterocycles. The molecule has 0 rings (SSSR count). The summed E-state index contributed by atoms with van der Waals surface area (Å²) in [5.74, 6) is 0. The fourth-order valence-electron chi connectivity index (χ4n) is 0. The molecule has 0 radical (unpaired) electrons. The van der Waals surface area contributed by atoms with Crippen LogP contribution in [-0.4, -0.2) is 0 Å². The number of hydrogen-bond donors (Lipinski definition) is 0. The summed E-state index contributed by atoms with van der Waals surface area (Å²) in [5.41, 5.74) is 0. The molecule has 2 nitrogen and oxygen atoms in total. The zero-order valence-electron chi connectivity index (χ0n) is 1.83. The first-order valence-corrected chi connectivity index (χ1v) is 2.01. The van der Waals surface area contributed by atoms with Crippen LogP contribution in [0.5, 0.6) is 0 Å². The molecule has 0 aliphatic heterocycles. The Morgan fingerprint density at radius 1 is 1.25 bits per heavy atom. The molecule has 0 saturated carbocycles. The van der Waals surface area contributed by atoms with E-state index in [1.807, 2.05) is 0 Å². The van der Waals surface area contributed by atoms with Crippen LogP contribution < -0.4 is 0 Å². The summed E-state index contributed by atoms with van der Waals surface area (Å²) in [6.07, 6.45) is 0. The van der Waals surface area contributed by atoms with Gasteiger partial charge in [-0.2, -0.15) is 0 Å². The van der Waals surface area contributed by atoms with Crippen LogP contribution in [0.1, 0.15) is 0 Å². The van der Waals surface area contributed by atoms with Crippen molar-refractivity contribution in [3.8, 4) is 0 Å². The summed E-state index contributed by atoms with van der Waals surface area (Å²) in [5, 5.41) is 0. The Kier molecular flexibility index (Phi) is 113. The quantitative estimate of drug-likeness (QED) is 0.459. The van der Waals surface area contributed by atoms with Crippen LogP contribution in [0.25, 0.3) is 0 Å². The van der Waals surface area contributed by atoms with Crippen molar-refractivity contribution in [3.63, 3.8) is 0 Å². The summed E-state index contributed by atoms with van der Waals surface area (Å²) >= 11 is 3.06. The molecule has 0 atom stereocenters. The minimum atomic E-state index is 0.125. The van der Waals surface area contributed by atoms with Gasteiger partial charge in [-0.25, -0.2) is 0 Å². The molecule has 0 bridgehead atoms. The molecule has 4 heavy (non-hydrogen) atoms. The van der Waals surface area contributed by atoms with Crippen LogP contribution in [0.3, 0.4) is 0 Å². The van der Waals surface area contributed by atoms with E-state index in [4.69, 9.17) is 7.41 Å². The van der Waals surface area contributed by atoms with Gasteiger partial charge in [-0.1, -0.05) is 0 Å². The maximum absolute atomic E-state index is 8.38. The van der Waals surface area contributed by atoms with Gasteiger partial charge in [0.25, 0.3) is 0 Å². The fraction of sp³-hybridized carbons (Fsp3) is 0. The van der Waals surface area contributed by atoms with Crippen LogP contribution in [0, 0.1) is 0 Å². The molecule has 0 unspecified atom stereocenters. The van der Waals surface area contributed by atoms with Gasteiger partial charge >= 0.3 is 41.6 Å². The van der Waals surface area contributed by atoms with Gasteiger partial charge in [0.1, 0.15) is 0 Å². The predicted octanol–water partition coefficient (Wildman–Crippen LogP) is -0.243. The normalized spacial score (nSPS) is 3.00. The van der Waals surface area contributed by atoms with E-state index in [2.05, 4.69) is 15.9 Å². The minimum absolute atomic E-state index is 0.125. The Hall–Kier alpha value is 0.743. The predicted molar refractivity (Wildman–Crippen MR) is 1.37 cm³/mol. The van der Waals surface area contributed by atoms with E-state index >= 15 is 0 Å². The van der Waals surface area contributed by atoms with E-state index in [1.54, 1.807) is 0 Å². The van der Waals surface area contributed by atoms with E-state index in [1.165, 1.54) is 0 Å². The third kappa shape index (κ3) is 15.1. The molecule has 0 aromatic rings. The second-order valence-electron chi connectivity index (χ2n) is 0. The first-order chi connectivity index (χ1) is 2.00. The Bertz CT molecular complexity index is 8.00. The standard InChI is InChI=1S/Cu.2O.Zn. The second kappa shape index (κ2) is 51.0. The zero-order chi connectivity index (χ0) is 4.00. The summed E-state index contributed by atoms with van der Waals surface area (Å²) in [4.78, 5) is 0. The monoisotopic (exact) mass is 159 g/mol. The van der Waals surface area contributed by atoms with Crippen LogP contribution in [0.2, 0.25) is 0 Å². The Morgan fingerprint density at radius 3 is 1.25 bits per heavy atom. The zero-order valence-corrected chi connectivity index (χ0v) is 5.73. The van der Waals surface area contributed by atoms with Gasteiger partial charge in [0.2, 0.25) is 0 Å². The summed E-state index contributed by atoms with van der Waals surface area (Å²) in [6.45, 7) is 0. The van der Waals surface area contributed by atoms with Gasteiger partial charge in [-0.15, -0.1) is 0 Å². The van der Waals surface area contributed by atoms with Crippen molar-refractivity contribution < 1.29 is 41.6 Å². The van der Waals surface area contributed by atoms with Crippen LogP contribution >= 0.6 is 0 Å². The van der Waals surface area contributed by atoms with E-state index in [-0.39, 0.29) is 18.3 Å². The van der Waals surface area contributed by atoms with Crippen molar-refractivity contribution in [1.29, 1.82) is 0 Å². The van der Waals surface area contributed by atoms with Crippen molar-refractivity contribution >= 4 is 0 Å². The average molecular weight is 161 g/mol. The summed E-state index contributed by atoms with van der Waals surface area (Å²) in [7, 11) is 0. The van der Waals surface area contributed by atoms with E-state index < -0.39 is 0 Å². The molecular formula is CuO2Zn. The van der Waals surface area contributed by atoms with Crippen molar-refractivity contribution in [2.45, 2.75) is 0 Å². The van der Waals surface area contributed by atoms with Gasteiger partial charge in [-0.3, -0.25) is 0 Å². The van der Waals surface area contributed by atoms with Gasteiger partial charge in [0, 0.05) is 0 Å². The van der Waals surface area contributed by atoms with Crippen molar-refractivity contribution in [2.24, 2.45) is 0 Å². The van der Waals surface area contributed by atoms with Crippen LogP contribution in [0.15, 0.2) is 0 Å². The molecule has 0 aliphatic carbocycles. The van der Waals surface area contributed by atoms with E-state index in [0.29, 0.717) is 0 Å². The Labute approximate surface area is 41.9 Å². The van der Waals surface area contributed by atoms with Crippen LogP contribution in [-0.2, 0) is 41.6 Å². The summed E-state index contributed by atoms with van der Waals surface area (Å²) < 4.78 is 16.2. The molecule has 0 aliphatic rings. The second-order valence-corrected chi connectivity index (χ2v) is 0. The summed E-state index contributed by atoms with van der Waals surface area (Å²) in [6, 6.07) is 0. The molecular weight excluding hydrogens is 161 g/mol. The van der Waals surface area contributed by atoms with Gasteiger partial charge in [0.15, 0.2) is 0 Å². The molecule has 4 heteroatoms. The molecule has 0 N–H and O–H groups in total. The molecule has 0 amide bonds. The number of hydrogen-bond acceptors (Lipinski definition) is 2. The first-order valence-electron chi connectivity index (χ1n) is 0.412. The van der Waals surface area contributed by atoms with E-state index in [0.717, 1.165) is 0 Å². The fourth-order valence-corrected chi connectivity index (χ4v) is 0. The molecule has 0 heterocycles. The Morgan fingerprint density at radius 2 is 1.25 bits per heavy atom. The maximum atomic E-state index is 8.38. The van der Waals surface area contributed by atoms with Gasteiger partial charge in [-0.05, 0) is 0 Å². The van der Waals surface area contributed by atoms with E-state index in [9.17, 15) is 0 Å².